The molecule has 2 atom stereocenters. The van der Waals surface area contributed by atoms with Gasteiger partial charge in [0.2, 0.25) is 5.91 Å². The Kier molecular flexibility index (Phi) is 5.04. The van der Waals surface area contributed by atoms with Crippen LogP contribution in [-0.4, -0.2) is 23.5 Å². The Morgan fingerprint density at radius 2 is 1.86 bits per heavy atom. The second-order valence-electron chi connectivity index (χ2n) is 6.80. The Balaban J connectivity index is 2.20. The van der Waals surface area contributed by atoms with E-state index in [2.05, 4.69) is 37.9 Å². The molecule has 0 aliphatic carbocycles. The first-order chi connectivity index (χ1) is 9.98. The molecule has 1 N–H and O–H groups in total. The maximum absolute atomic E-state index is 12.8. The van der Waals surface area contributed by atoms with Crippen LogP contribution in [0.2, 0.25) is 0 Å². The van der Waals surface area contributed by atoms with Crippen molar-refractivity contribution in [2.45, 2.75) is 59.2 Å². The number of rotatable bonds is 6. The normalized spacial score (nSPS) is 22.9. The smallest absolute Gasteiger partial charge is 0.245 e. The molecule has 3 heteroatoms. The third-order valence-corrected chi connectivity index (χ3v) is 4.52. The average molecular weight is 288 g/mol. The fraction of sp³-hybridized carbons (Fsp3) is 0.611. The summed E-state index contributed by atoms with van der Waals surface area (Å²) in [6, 6.07) is 9.87. The van der Waals surface area contributed by atoms with E-state index < -0.39 is 0 Å². The highest BCUT2D eigenvalue weighted by molar-refractivity contribution is 5.85. The van der Waals surface area contributed by atoms with Crippen molar-refractivity contribution in [1.29, 1.82) is 0 Å². The minimum absolute atomic E-state index is 0.162. The minimum atomic E-state index is -0.185. The molecule has 1 fully saturated rings. The van der Waals surface area contributed by atoms with E-state index >= 15 is 0 Å². The second-order valence-corrected chi connectivity index (χ2v) is 6.80. The van der Waals surface area contributed by atoms with Crippen LogP contribution in [0.25, 0.3) is 0 Å². The molecule has 0 bridgehead atoms. The molecular weight excluding hydrogens is 260 g/mol. The lowest BCUT2D eigenvalue weighted by Crippen LogP contribution is -2.42. The van der Waals surface area contributed by atoms with Gasteiger partial charge in [0.15, 0.2) is 0 Å². The van der Waals surface area contributed by atoms with Gasteiger partial charge in [-0.2, -0.15) is 0 Å². The van der Waals surface area contributed by atoms with Crippen molar-refractivity contribution in [3.8, 4) is 0 Å². The van der Waals surface area contributed by atoms with E-state index in [1.807, 2.05) is 30.3 Å². The van der Waals surface area contributed by atoms with Gasteiger partial charge in [-0.25, -0.2) is 0 Å². The van der Waals surface area contributed by atoms with E-state index in [4.69, 9.17) is 0 Å². The van der Waals surface area contributed by atoms with Crippen LogP contribution in [0.3, 0.4) is 0 Å². The van der Waals surface area contributed by atoms with Gasteiger partial charge in [-0.3, -0.25) is 10.1 Å². The minimum Gasteiger partial charge on any atom is -0.325 e. The van der Waals surface area contributed by atoms with Crippen molar-refractivity contribution < 1.29 is 4.79 Å². The van der Waals surface area contributed by atoms with Crippen LogP contribution in [0.5, 0.6) is 0 Å². The number of nitrogens with one attached hydrogen (secondary N) is 1. The van der Waals surface area contributed by atoms with Crippen molar-refractivity contribution in [2.24, 2.45) is 5.41 Å². The zero-order chi connectivity index (χ0) is 15.5. The van der Waals surface area contributed by atoms with E-state index in [1.54, 1.807) is 0 Å². The molecule has 0 saturated carbocycles. The first-order valence-corrected chi connectivity index (χ1v) is 8.10. The van der Waals surface area contributed by atoms with E-state index in [9.17, 15) is 4.79 Å². The molecule has 1 aliphatic rings. The van der Waals surface area contributed by atoms with Gasteiger partial charge in [-0.05, 0) is 23.8 Å². The maximum atomic E-state index is 12.8. The molecule has 2 rings (SSSR count). The Hall–Kier alpha value is -1.35. The largest absolute Gasteiger partial charge is 0.325 e. The molecular formula is C18H28N2O. The van der Waals surface area contributed by atoms with E-state index in [0.29, 0.717) is 0 Å². The van der Waals surface area contributed by atoms with Crippen LogP contribution in [0, 0.1) is 5.41 Å². The van der Waals surface area contributed by atoms with Crippen molar-refractivity contribution >= 4 is 5.91 Å². The number of hydrogen-bond donors (Lipinski definition) is 1. The standard InChI is InChI=1S/C18H28N2O/c1-5-10-15-19-16(14-11-8-7-9-12-14)17(21)20(15)13-18(3,4)6-2/h7-9,11-12,15-16,19H,5-6,10,13H2,1-4H3. The van der Waals surface area contributed by atoms with E-state index in [0.717, 1.165) is 31.4 Å². The quantitative estimate of drug-likeness (QED) is 0.865. The zero-order valence-corrected chi connectivity index (χ0v) is 13.7. The topological polar surface area (TPSA) is 32.3 Å². The summed E-state index contributed by atoms with van der Waals surface area (Å²) in [4.78, 5) is 14.9. The van der Waals surface area contributed by atoms with Crippen LogP contribution in [0.15, 0.2) is 30.3 Å². The highest BCUT2D eigenvalue weighted by atomic mass is 16.2. The second kappa shape index (κ2) is 6.61. The molecule has 2 unspecified atom stereocenters. The number of nitrogens with zero attached hydrogens (tertiary/aromatic N) is 1. The molecule has 0 aromatic heterocycles. The summed E-state index contributed by atoms with van der Waals surface area (Å²) in [7, 11) is 0. The number of hydrogen-bond acceptors (Lipinski definition) is 2. The molecule has 1 saturated heterocycles. The zero-order valence-electron chi connectivity index (χ0n) is 13.7. The van der Waals surface area contributed by atoms with Crippen LogP contribution in [0.1, 0.15) is 58.6 Å². The molecule has 1 heterocycles. The molecule has 1 amide bonds. The number of benzene rings is 1. The first kappa shape index (κ1) is 16.0. The number of carbonyl (C=O) groups is 1. The van der Waals surface area contributed by atoms with E-state index in [-0.39, 0.29) is 23.5 Å². The highest BCUT2D eigenvalue weighted by Crippen LogP contribution is 2.30. The predicted octanol–water partition coefficient (Wildman–Crippen LogP) is 3.72. The van der Waals surface area contributed by atoms with Crippen LogP contribution >= 0.6 is 0 Å². The molecule has 21 heavy (non-hydrogen) atoms. The summed E-state index contributed by atoms with van der Waals surface area (Å²) >= 11 is 0. The van der Waals surface area contributed by atoms with Crippen LogP contribution in [-0.2, 0) is 4.79 Å². The van der Waals surface area contributed by atoms with Gasteiger partial charge in [-0.1, -0.05) is 64.4 Å². The highest BCUT2D eigenvalue weighted by Gasteiger charge is 2.40. The van der Waals surface area contributed by atoms with Gasteiger partial charge in [-0.15, -0.1) is 0 Å². The van der Waals surface area contributed by atoms with Gasteiger partial charge in [0.25, 0.3) is 0 Å². The summed E-state index contributed by atoms with van der Waals surface area (Å²) in [6.45, 7) is 9.66. The van der Waals surface area contributed by atoms with Crippen molar-refractivity contribution in [2.75, 3.05) is 6.54 Å². The monoisotopic (exact) mass is 288 g/mol. The van der Waals surface area contributed by atoms with Crippen molar-refractivity contribution in [1.82, 2.24) is 10.2 Å². The lowest BCUT2D eigenvalue weighted by Gasteiger charge is -2.32. The Morgan fingerprint density at radius 3 is 2.43 bits per heavy atom. The molecule has 0 radical (unpaired) electrons. The summed E-state index contributed by atoms with van der Waals surface area (Å²) in [5, 5.41) is 3.53. The summed E-state index contributed by atoms with van der Waals surface area (Å²) < 4.78 is 0. The first-order valence-electron chi connectivity index (χ1n) is 8.10. The van der Waals surface area contributed by atoms with Crippen LogP contribution in [0.4, 0.5) is 0 Å². The van der Waals surface area contributed by atoms with Crippen molar-refractivity contribution in [3.05, 3.63) is 35.9 Å². The molecule has 0 spiro atoms. The fourth-order valence-corrected chi connectivity index (χ4v) is 2.83. The van der Waals surface area contributed by atoms with Crippen molar-refractivity contribution in [3.63, 3.8) is 0 Å². The van der Waals surface area contributed by atoms with Gasteiger partial charge < -0.3 is 4.90 Å². The maximum Gasteiger partial charge on any atom is 0.245 e. The summed E-state index contributed by atoms with van der Waals surface area (Å²) in [5.41, 5.74) is 1.23. The lowest BCUT2D eigenvalue weighted by atomic mass is 9.89. The number of amides is 1. The van der Waals surface area contributed by atoms with Gasteiger partial charge in [0, 0.05) is 6.54 Å². The molecule has 1 aliphatic heterocycles. The van der Waals surface area contributed by atoms with Gasteiger partial charge in [0.05, 0.1) is 6.17 Å². The third kappa shape index (κ3) is 3.65. The molecule has 1 aromatic carbocycles. The molecule has 3 nitrogen and oxygen atoms in total. The van der Waals surface area contributed by atoms with E-state index in [1.165, 1.54) is 0 Å². The SMILES string of the molecule is CCCC1NC(c2ccccc2)C(=O)N1CC(C)(C)CC. The predicted molar refractivity (Wildman–Crippen MR) is 86.8 cm³/mol. The van der Waals surface area contributed by atoms with Crippen LogP contribution < -0.4 is 5.32 Å². The Labute approximate surface area is 128 Å². The number of carbonyl (C=O) groups excluding carboxylic acids is 1. The van der Waals surface area contributed by atoms with Gasteiger partial charge >= 0.3 is 0 Å². The van der Waals surface area contributed by atoms with Gasteiger partial charge in [0.1, 0.15) is 6.04 Å². The molecule has 116 valence electrons. The lowest BCUT2D eigenvalue weighted by molar-refractivity contribution is -0.131. The summed E-state index contributed by atoms with van der Waals surface area (Å²) in [5.74, 6) is 0.223. The summed E-state index contributed by atoms with van der Waals surface area (Å²) in [6.07, 6.45) is 3.33. The Morgan fingerprint density at radius 1 is 1.19 bits per heavy atom. The average Bonchev–Trinajstić information content (AvgIpc) is 2.77. The fourth-order valence-electron chi connectivity index (χ4n) is 2.83. The Bertz CT molecular complexity index is 469. The molecule has 1 aromatic rings. The third-order valence-electron chi connectivity index (χ3n) is 4.52.